The van der Waals surface area contributed by atoms with Gasteiger partial charge in [-0.1, -0.05) is 0 Å². The van der Waals surface area contributed by atoms with E-state index in [0.717, 1.165) is 12.1 Å². The number of hydrogen-bond acceptors (Lipinski definition) is 4. The lowest BCUT2D eigenvalue weighted by Gasteiger charge is -2.24. The summed E-state index contributed by atoms with van der Waals surface area (Å²) in [6.07, 6.45) is 1.18. The molecule has 3 N–H and O–H groups in total. The zero-order chi connectivity index (χ0) is 23.1. The van der Waals surface area contributed by atoms with Gasteiger partial charge in [-0.25, -0.2) is 18.4 Å². The highest BCUT2D eigenvalue weighted by Crippen LogP contribution is 2.35. The predicted octanol–water partition coefficient (Wildman–Crippen LogP) is 4.22. The summed E-state index contributed by atoms with van der Waals surface area (Å²) in [6, 6.07) is 7.35. The SMILES string of the molecule is CC(C)NC(=O)N(CCCCNC(=O)Nc1ccc(F)cc1F)c1ccc2c(c1)OCO2. The summed E-state index contributed by atoms with van der Waals surface area (Å²) in [5, 5.41) is 7.83. The number of ether oxygens (including phenoxy) is 2. The van der Waals surface area contributed by atoms with Crippen molar-refractivity contribution < 1.29 is 27.8 Å². The second kappa shape index (κ2) is 10.7. The molecule has 32 heavy (non-hydrogen) atoms. The molecule has 0 fully saturated rings. The summed E-state index contributed by atoms with van der Waals surface area (Å²) in [5.41, 5.74) is 0.563. The molecule has 0 atom stereocenters. The maximum absolute atomic E-state index is 13.6. The predicted molar refractivity (Wildman–Crippen MR) is 116 cm³/mol. The fraction of sp³-hybridized carbons (Fsp3) is 0.364. The first-order chi connectivity index (χ1) is 15.3. The topological polar surface area (TPSA) is 91.9 Å². The number of urea groups is 2. The monoisotopic (exact) mass is 448 g/mol. The molecule has 3 rings (SSSR count). The molecule has 0 saturated heterocycles. The molecule has 0 unspecified atom stereocenters. The quantitative estimate of drug-likeness (QED) is 0.528. The second-order valence-electron chi connectivity index (χ2n) is 7.51. The summed E-state index contributed by atoms with van der Waals surface area (Å²) in [7, 11) is 0. The average molecular weight is 448 g/mol. The number of anilines is 2. The van der Waals surface area contributed by atoms with Gasteiger partial charge in [0, 0.05) is 37.0 Å². The van der Waals surface area contributed by atoms with E-state index in [1.807, 2.05) is 13.8 Å². The van der Waals surface area contributed by atoms with Crippen LogP contribution < -0.4 is 30.3 Å². The summed E-state index contributed by atoms with van der Waals surface area (Å²) >= 11 is 0. The molecule has 0 saturated carbocycles. The Morgan fingerprint density at radius 3 is 2.59 bits per heavy atom. The molecule has 4 amide bonds. The maximum atomic E-state index is 13.6. The highest BCUT2D eigenvalue weighted by molar-refractivity contribution is 5.92. The molecule has 0 spiro atoms. The molecular weight excluding hydrogens is 422 g/mol. The summed E-state index contributed by atoms with van der Waals surface area (Å²) in [5.74, 6) is -0.361. The average Bonchev–Trinajstić information content (AvgIpc) is 3.20. The molecule has 172 valence electrons. The molecule has 10 heteroatoms. The lowest BCUT2D eigenvalue weighted by molar-refractivity contribution is 0.174. The van der Waals surface area contributed by atoms with Crippen molar-refractivity contribution in [2.45, 2.75) is 32.7 Å². The van der Waals surface area contributed by atoms with Gasteiger partial charge in [0.25, 0.3) is 0 Å². The van der Waals surface area contributed by atoms with Crippen molar-refractivity contribution in [3.63, 3.8) is 0 Å². The number of nitrogens with one attached hydrogen (secondary N) is 3. The number of benzene rings is 2. The molecule has 1 heterocycles. The highest BCUT2D eigenvalue weighted by Gasteiger charge is 2.20. The van der Waals surface area contributed by atoms with Gasteiger partial charge in [-0.3, -0.25) is 4.90 Å². The van der Waals surface area contributed by atoms with E-state index in [1.54, 1.807) is 23.1 Å². The van der Waals surface area contributed by atoms with Gasteiger partial charge in [0.15, 0.2) is 11.5 Å². The van der Waals surface area contributed by atoms with E-state index in [2.05, 4.69) is 16.0 Å². The number of fused-ring (bicyclic) bond motifs is 1. The Labute approximate surface area is 184 Å². The molecule has 0 aromatic heterocycles. The Bertz CT molecular complexity index is 971. The number of nitrogens with zero attached hydrogens (tertiary/aromatic N) is 1. The Morgan fingerprint density at radius 2 is 1.84 bits per heavy atom. The van der Waals surface area contributed by atoms with Crippen LogP contribution >= 0.6 is 0 Å². The van der Waals surface area contributed by atoms with E-state index in [1.165, 1.54) is 0 Å². The number of halogens is 2. The standard InChI is InChI=1S/C22H26F2N4O4/c1-14(2)26-22(30)28(16-6-8-19-20(12-16)32-13-31-19)10-4-3-9-25-21(29)27-18-7-5-15(23)11-17(18)24/h5-8,11-12,14H,3-4,9-10,13H2,1-2H3,(H,26,30)(H2,25,27,29). The number of carbonyl (C=O) groups is 2. The molecule has 0 aliphatic carbocycles. The van der Waals surface area contributed by atoms with Crippen molar-refractivity contribution in [3.05, 3.63) is 48.0 Å². The first kappa shape index (κ1) is 23.1. The van der Waals surface area contributed by atoms with E-state index in [4.69, 9.17) is 9.47 Å². The number of unbranched alkanes of at least 4 members (excludes halogenated alkanes) is 1. The lowest BCUT2D eigenvalue weighted by Crippen LogP contribution is -2.43. The molecule has 8 nitrogen and oxygen atoms in total. The molecular formula is C22H26F2N4O4. The fourth-order valence-electron chi connectivity index (χ4n) is 3.08. The van der Waals surface area contributed by atoms with Crippen LogP contribution in [0, 0.1) is 11.6 Å². The highest BCUT2D eigenvalue weighted by atomic mass is 19.1. The van der Waals surface area contributed by atoms with Crippen molar-refractivity contribution in [1.29, 1.82) is 0 Å². The number of carbonyl (C=O) groups excluding carboxylic acids is 2. The lowest BCUT2D eigenvalue weighted by atomic mass is 10.2. The minimum absolute atomic E-state index is 0.0313. The molecule has 1 aliphatic heterocycles. The van der Waals surface area contributed by atoms with Crippen molar-refractivity contribution in [2.75, 3.05) is 30.1 Å². The van der Waals surface area contributed by atoms with E-state index < -0.39 is 17.7 Å². The van der Waals surface area contributed by atoms with Crippen LogP contribution in [0.4, 0.5) is 29.7 Å². The first-order valence-electron chi connectivity index (χ1n) is 10.3. The molecule has 0 bridgehead atoms. The van der Waals surface area contributed by atoms with E-state index in [9.17, 15) is 18.4 Å². The molecule has 1 aliphatic rings. The maximum Gasteiger partial charge on any atom is 0.322 e. The second-order valence-corrected chi connectivity index (χ2v) is 7.51. The van der Waals surface area contributed by atoms with Gasteiger partial charge in [0.1, 0.15) is 11.6 Å². The Balaban J connectivity index is 1.50. The van der Waals surface area contributed by atoms with Gasteiger partial charge in [0.2, 0.25) is 6.79 Å². The van der Waals surface area contributed by atoms with E-state index >= 15 is 0 Å². The van der Waals surface area contributed by atoms with Crippen molar-refractivity contribution in [1.82, 2.24) is 10.6 Å². The minimum Gasteiger partial charge on any atom is -0.454 e. The zero-order valence-electron chi connectivity index (χ0n) is 17.9. The van der Waals surface area contributed by atoms with Gasteiger partial charge in [-0.05, 0) is 51.0 Å². The largest absolute Gasteiger partial charge is 0.454 e. The van der Waals surface area contributed by atoms with Crippen LogP contribution in [0.3, 0.4) is 0 Å². The van der Waals surface area contributed by atoms with Gasteiger partial charge >= 0.3 is 12.1 Å². The van der Waals surface area contributed by atoms with Crippen LogP contribution in [0.1, 0.15) is 26.7 Å². The summed E-state index contributed by atoms with van der Waals surface area (Å²) < 4.78 is 37.3. The van der Waals surface area contributed by atoms with Crippen LogP contribution in [0.15, 0.2) is 36.4 Å². The first-order valence-corrected chi connectivity index (χ1v) is 10.3. The molecule has 2 aromatic rings. The van der Waals surface area contributed by atoms with Crippen LogP contribution in [-0.2, 0) is 0 Å². The van der Waals surface area contributed by atoms with Gasteiger partial charge in [0.05, 0.1) is 5.69 Å². The van der Waals surface area contributed by atoms with Crippen LogP contribution in [0.5, 0.6) is 11.5 Å². The van der Waals surface area contributed by atoms with Gasteiger partial charge in [-0.2, -0.15) is 0 Å². The smallest absolute Gasteiger partial charge is 0.322 e. The number of hydrogen-bond donors (Lipinski definition) is 3. The summed E-state index contributed by atoms with van der Waals surface area (Å²) in [6.45, 7) is 4.63. The van der Waals surface area contributed by atoms with Crippen LogP contribution in [0.25, 0.3) is 0 Å². The Morgan fingerprint density at radius 1 is 1.06 bits per heavy atom. The van der Waals surface area contributed by atoms with Crippen molar-refractivity contribution in [3.8, 4) is 11.5 Å². The van der Waals surface area contributed by atoms with Crippen LogP contribution in [0.2, 0.25) is 0 Å². The number of rotatable bonds is 8. The zero-order valence-corrected chi connectivity index (χ0v) is 17.9. The molecule has 0 radical (unpaired) electrons. The third-order valence-electron chi connectivity index (χ3n) is 4.60. The minimum atomic E-state index is -0.851. The Kier molecular flexibility index (Phi) is 7.69. The van der Waals surface area contributed by atoms with Crippen LogP contribution in [-0.4, -0.2) is 38.0 Å². The fourth-order valence-corrected chi connectivity index (χ4v) is 3.08. The van der Waals surface area contributed by atoms with Gasteiger partial charge in [-0.15, -0.1) is 0 Å². The van der Waals surface area contributed by atoms with E-state index in [0.29, 0.717) is 49.2 Å². The normalized spacial score (nSPS) is 11.9. The number of amides is 4. The Hall–Kier alpha value is -3.56. The summed E-state index contributed by atoms with van der Waals surface area (Å²) in [4.78, 5) is 26.2. The third kappa shape index (κ3) is 6.22. The van der Waals surface area contributed by atoms with E-state index in [-0.39, 0.29) is 24.6 Å². The third-order valence-corrected chi connectivity index (χ3v) is 4.60. The molecule has 2 aromatic carbocycles. The van der Waals surface area contributed by atoms with Crippen molar-refractivity contribution >= 4 is 23.4 Å². The van der Waals surface area contributed by atoms with Crippen molar-refractivity contribution in [2.24, 2.45) is 0 Å². The van der Waals surface area contributed by atoms with Gasteiger partial charge < -0.3 is 25.4 Å².